The maximum atomic E-state index is 11.6. The number of ketones is 1. The van der Waals surface area contributed by atoms with Gasteiger partial charge in [0.1, 0.15) is 5.00 Å². The van der Waals surface area contributed by atoms with Crippen LogP contribution in [0.3, 0.4) is 0 Å². The molecule has 0 fully saturated rings. The van der Waals surface area contributed by atoms with Crippen molar-refractivity contribution in [2.24, 2.45) is 0 Å². The molecule has 5 nitrogen and oxygen atoms in total. The van der Waals surface area contributed by atoms with Crippen molar-refractivity contribution in [2.75, 3.05) is 12.1 Å². The minimum Gasteiger partial charge on any atom is -0.454 e. The van der Waals surface area contributed by atoms with E-state index >= 15 is 0 Å². The maximum absolute atomic E-state index is 11.6. The minimum absolute atomic E-state index is 0.00879. The van der Waals surface area contributed by atoms with Crippen molar-refractivity contribution >= 4 is 28.0 Å². The lowest BCUT2D eigenvalue weighted by atomic mass is 10.2. The Balaban J connectivity index is 1.91. The van der Waals surface area contributed by atoms with Gasteiger partial charge in [-0.25, -0.2) is 0 Å². The fourth-order valence-corrected chi connectivity index (χ4v) is 2.84. The fraction of sp³-hybridized carbons (Fsp3) is 0.231. The molecule has 0 bridgehead atoms. The second kappa shape index (κ2) is 4.55. The highest BCUT2D eigenvalue weighted by Crippen LogP contribution is 2.36. The van der Waals surface area contributed by atoms with Crippen molar-refractivity contribution in [2.45, 2.75) is 13.8 Å². The van der Waals surface area contributed by atoms with E-state index in [4.69, 9.17) is 9.47 Å². The highest BCUT2D eigenvalue weighted by molar-refractivity contribution is 7.10. The zero-order valence-corrected chi connectivity index (χ0v) is 11.3. The molecule has 0 unspecified atom stereocenters. The summed E-state index contributed by atoms with van der Waals surface area (Å²) >= 11 is 1.28. The second-order valence-corrected chi connectivity index (χ2v) is 4.99. The number of ether oxygens (including phenoxy) is 2. The number of fused-ring (bicyclic) bond motifs is 1. The second-order valence-electron chi connectivity index (χ2n) is 4.22. The van der Waals surface area contributed by atoms with E-state index in [1.807, 2.05) is 25.1 Å². The van der Waals surface area contributed by atoms with E-state index in [-0.39, 0.29) is 12.6 Å². The van der Waals surface area contributed by atoms with Crippen molar-refractivity contribution < 1.29 is 14.3 Å². The summed E-state index contributed by atoms with van der Waals surface area (Å²) < 4.78 is 14.8. The van der Waals surface area contributed by atoms with Gasteiger partial charge in [0, 0.05) is 11.8 Å². The number of Topliss-reactive ketones (excluding diaryl/α,β-unsaturated/α-hetero) is 1. The van der Waals surface area contributed by atoms with Crippen molar-refractivity contribution in [1.29, 1.82) is 0 Å². The molecule has 2 aromatic rings. The van der Waals surface area contributed by atoms with Gasteiger partial charge < -0.3 is 14.8 Å². The number of hydrogen-bond donors (Lipinski definition) is 1. The molecule has 1 aliphatic rings. The zero-order valence-electron chi connectivity index (χ0n) is 10.5. The van der Waals surface area contributed by atoms with Crippen LogP contribution in [-0.4, -0.2) is 16.9 Å². The quantitative estimate of drug-likeness (QED) is 0.873. The molecular weight excluding hydrogens is 264 g/mol. The van der Waals surface area contributed by atoms with Crippen molar-refractivity contribution in [3.8, 4) is 11.5 Å². The van der Waals surface area contributed by atoms with Crippen LogP contribution in [0.4, 0.5) is 10.7 Å². The predicted molar refractivity (Wildman–Crippen MR) is 72.7 cm³/mol. The number of anilines is 2. The molecular formula is C13H12N2O3S. The predicted octanol–water partition coefficient (Wildman–Crippen LogP) is 3.13. The standard InChI is InChI=1S/C13H12N2O3S/c1-7-12(8(2)16)13(19-15-7)14-9-3-4-10-11(5-9)18-6-17-10/h3-5,14H,6H2,1-2H3. The summed E-state index contributed by atoms with van der Waals surface area (Å²) in [6.07, 6.45) is 0. The van der Waals surface area contributed by atoms with Gasteiger partial charge in [-0.05, 0) is 37.5 Å². The number of nitrogens with zero attached hydrogens (tertiary/aromatic N) is 1. The monoisotopic (exact) mass is 276 g/mol. The molecule has 2 heterocycles. The normalized spacial score (nSPS) is 12.5. The summed E-state index contributed by atoms with van der Waals surface area (Å²) in [5.41, 5.74) is 2.24. The number of rotatable bonds is 3. The molecule has 0 radical (unpaired) electrons. The van der Waals surface area contributed by atoms with E-state index < -0.39 is 0 Å². The Morgan fingerprint density at radius 1 is 1.37 bits per heavy atom. The lowest BCUT2D eigenvalue weighted by Gasteiger charge is -2.06. The Labute approximate surface area is 114 Å². The summed E-state index contributed by atoms with van der Waals surface area (Å²) in [6, 6.07) is 5.57. The lowest BCUT2D eigenvalue weighted by molar-refractivity contribution is 0.101. The number of hydrogen-bond acceptors (Lipinski definition) is 6. The van der Waals surface area contributed by atoms with Crippen molar-refractivity contribution in [1.82, 2.24) is 4.37 Å². The molecule has 0 amide bonds. The van der Waals surface area contributed by atoms with E-state index in [9.17, 15) is 4.79 Å². The van der Waals surface area contributed by atoms with Gasteiger partial charge in [-0.2, -0.15) is 4.37 Å². The van der Waals surface area contributed by atoms with Crippen LogP contribution in [0.2, 0.25) is 0 Å². The van der Waals surface area contributed by atoms with Gasteiger partial charge >= 0.3 is 0 Å². The van der Waals surface area contributed by atoms with Gasteiger partial charge in [-0.1, -0.05) is 0 Å². The molecule has 0 saturated carbocycles. The molecule has 98 valence electrons. The molecule has 6 heteroatoms. The minimum atomic E-state index is 0.00879. The van der Waals surface area contributed by atoms with Crippen molar-refractivity contribution in [3.63, 3.8) is 0 Å². The van der Waals surface area contributed by atoms with E-state index in [2.05, 4.69) is 9.69 Å². The third-order valence-electron chi connectivity index (χ3n) is 2.85. The smallest absolute Gasteiger partial charge is 0.231 e. The summed E-state index contributed by atoms with van der Waals surface area (Å²) in [6.45, 7) is 3.62. The Morgan fingerprint density at radius 2 is 2.16 bits per heavy atom. The van der Waals surface area contributed by atoms with Gasteiger partial charge in [-0.15, -0.1) is 0 Å². The van der Waals surface area contributed by atoms with Crippen LogP contribution in [0, 0.1) is 6.92 Å². The SMILES string of the molecule is CC(=O)c1c(C)nsc1Nc1ccc2c(c1)OCO2. The molecule has 0 atom stereocenters. The Bertz CT molecular complexity index is 651. The van der Waals surface area contributed by atoms with E-state index in [0.29, 0.717) is 11.3 Å². The number of carbonyl (C=O) groups is 1. The molecule has 0 saturated heterocycles. The van der Waals surface area contributed by atoms with Gasteiger partial charge in [0.05, 0.1) is 11.3 Å². The van der Waals surface area contributed by atoms with Gasteiger partial charge in [0.2, 0.25) is 6.79 Å². The highest BCUT2D eigenvalue weighted by Gasteiger charge is 2.17. The Morgan fingerprint density at radius 3 is 2.95 bits per heavy atom. The first-order valence-corrected chi connectivity index (χ1v) is 6.56. The van der Waals surface area contributed by atoms with Crippen LogP contribution >= 0.6 is 11.5 Å². The molecule has 1 N–H and O–H groups in total. The average molecular weight is 276 g/mol. The number of carbonyl (C=O) groups excluding carboxylic acids is 1. The first-order chi connectivity index (χ1) is 9.15. The zero-order chi connectivity index (χ0) is 13.4. The van der Waals surface area contributed by atoms with Crippen LogP contribution in [0.5, 0.6) is 11.5 Å². The summed E-state index contributed by atoms with van der Waals surface area (Å²) in [5.74, 6) is 1.45. The lowest BCUT2D eigenvalue weighted by Crippen LogP contribution is -1.98. The van der Waals surface area contributed by atoms with Crippen LogP contribution in [0.1, 0.15) is 23.0 Å². The van der Waals surface area contributed by atoms with Crippen LogP contribution < -0.4 is 14.8 Å². The molecule has 1 aromatic carbocycles. The van der Waals surface area contributed by atoms with Gasteiger partial charge in [0.25, 0.3) is 0 Å². The molecule has 0 spiro atoms. The first-order valence-electron chi connectivity index (χ1n) is 5.79. The molecule has 19 heavy (non-hydrogen) atoms. The van der Waals surface area contributed by atoms with E-state index in [0.717, 1.165) is 22.1 Å². The average Bonchev–Trinajstić information content (AvgIpc) is 2.95. The summed E-state index contributed by atoms with van der Waals surface area (Å²) in [5, 5.41) is 3.96. The molecule has 1 aromatic heterocycles. The largest absolute Gasteiger partial charge is 0.454 e. The number of aryl methyl sites for hydroxylation is 1. The van der Waals surface area contributed by atoms with Crippen LogP contribution in [0.15, 0.2) is 18.2 Å². The number of aromatic nitrogens is 1. The Kier molecular flexibility index (Phi) is 2.87. The van der Waals surface area contributed by atoms with Crippen LogP contribution in [-0.2, 0) is 0 Å². The molecule has 3 rings (SSSR count). The highest BCUT2D eigenvalue weighted by atomic mass is 32.1. The fourth-order valence-electron chi connectivity index (χ4n) is 1.98. The maximum Gasteiger partial charge on any atom is 0.231 e. The summed E-state index contributed by atoms with van der Waals surface area (Å²) in [7, 11) is 0. The third-order valence-corrected chi connectivity index (χ3v) is 3.70. The molecule has 0 aliphatic carbocycles. The first kappa shape index (κ1) is 12.0. The van der Waals surface area contributed by atoms with Gasteiger partial charge in [-0.3, -0.25) is 4.79 Å². The third kappa shape index (κ3) is 2.15. The van der Waals surface area contributed by atoms with Crippen molar-refractivity contribution in [3.05, 3.63) is 29.5 Å². The Hall–Kier alpha value is -2.08. The van der Waals surface area contributed by atoms with E-state index in [1.165, 1.54) is 11.5 Å². The van der Waals surface area contributed by atoms with E-state index in [1.54, 1.807) is 6.92 Å². The molecule has 1 aliphatic heterocycles. The number of nitrogens with one attached hydrogen (secondary N) is 1. The number of benzene rings is 1. The van der Waals surface area contributed by atoms with Crippen LogP contribution in [0.25, 0.3) is 0 Å². The van der Waals surface area contributed by atoms with Gasteiger partial charge in [0.15, 0.2) is 17.3 Å². The summed E-state index contributed by atoms with van der Waals surface area (Å²) in [4.78, 5) is 11.6. The topological polar surface area (TPSA) is 60.5 Å².